The molecule has 2 aromatic carbocycles. The van der Waals surface area contributed by atoms with Gasteiger partial charge in [-0.05, 0) is 51.8 Å². The predicted octanol–water partition coefficient (Wildman–Crippen LogP) is 4.25. The summed E-state index contributed by atoms with van der Waals surface area (Å²) in [5.41, 5.74) is 1.69. The number of carbonyl (C=O) groups is 1. The quantitative estimate of drug-likeness (QED) is 0.869. The summed E-state index contributed by atoms with van der Waals surface area (Å²) in [5.74, 6) is 0.798. The summed E-state index contributed by atoms with van der Waals surface area (Å²) >= 11 is 3.37. The maximum absolute atomic E-state index is 11.7. The van der Waals surface area contributed by atoms with Crippen molar-refractivity contribution >= 4 is 33.7 Å². The normalized spacial score (nSPS) is 10.4. The molecule has 0 aliphatic carbocycles. The molecule has 2 amide bonds. The van der Waals surface area contributed by atoms with E-state index < -0.39 is 0 Å². The molecule has 0 bridgehead atoms. The van der Waals surface area contributed by atoms with Crippen molar-refractivity contribution in [3.05, 3.63) is 64.8 Å². The van der Waals surface area contributed by atoms with E-state index in [-0.39, 0.29) is 6.03 Å². The van der Waals surface area contributed by atoms with Gasteiger partial charge in [0, 0.05) is 10.7 Å². The van der Waals surface area contributed by atoms with Crippen LogP contribution in [0.1, 0.15) is 5.56 Å². The fraction of sp³-hybridized carbons (Fsp3) is 0.0625. The molecule has 0 spiro atoms. The van der Waals surface area contributed by atoms with Gasteiger partial charge in [-0.25, -0.2) is 4.79 Å². The number of nitrogens with one attached hydrogen (secondary N) is 2. The van der Waals surface area contributed by atoms with Gasteiger partial charge in [0.15, 0.2) is 0 Å². The van der Waals surface area contributed by atoms with Crippen molar-refractivity contribution in [3.63, 3.8) is 0 Å². The first-order valence-electron chi connectivity index (χ1n) is 6.31. The van der Waals surface area contributed by atoms with Crippen LogP contribution in [0.25, 0.3) is 6.08 Å². The third-order valence-electron chi connectivity index (χ3n) is 2.73. The number of rotatable bonds is 4. The van der Waals surface area contributed by atoms with Crippen molar-refractivity contribution in [1.82, 2.24) is 5.32 Å². The number of para-hydroxylation sites is 1. The van der Waals surface area contributed by atoms with Crippen molar-refractivity contribution in [1.29, 1.82) is 0 Å². The van der Waals surface area contributed by atoms with E-state index in [1.165, 1.54) is 0 Å². The Bertz CT molecular complexity index is 639. The van der Waals surface area contributed by atoms with E-state index in [1.807, 2.05) is 48.5 Å². The van der Waals surface area contributed by atoms with Gasteiger partial charge in [-0.15, -0.1) is 0 Å². The van der Waals surface area contributed by atoms with Crippen LogP contribution in [0.15, 0.2) is 59.2 Å². The Kier molecular flexibility index (Phi) is 5.40. The monoisotopic (exact) mass is 346 g/mol. The number of amides is 2. The molecule has 4 nitrogen and oxygen atoms in total. The summed E-state index contributed by atoms with van der Waals surface area (Å²) in [7, 11) is 1.62. The van der Waals surface area contributed by atoms with Gasteiger partial charge in [0.25, 0.3) is 0 Å². The average molecular weight is 347 g/mol. The number of urea groups is 1. The first kappa shape index (κ1) is 15.1. The largest absolute Gasteiger partial charge is 0.497 e. The zero-order valence-corrected chi connectivity index (χ0v) is 13.1. The minimum absolute atomic E-state index is 0.299. The topological polar surface area (TPSA) is 50.4 Å². The summed E-state index contributed by atoms with van der Waals surface area (Å²) in [6.07, 6.45) is 3.40. The highest BCUT2D eigenvalue weighted by Gasteiger charge is 2.02. The number of ether oxygens (including phenoxy) is 1. The van der Waals surface area contributed by atoms with Gasteiger partial charge >= 0.3 is 6.03 Å². The molecule has 2 N–H and O–H groups in total. The smallest absolute Gasteiger partial charge is 0.323 e. The minimum Gasteiger partial charge on any atom is -0.497 e. The fourth-order valence-electron chi connectivity index (χ4n) is 1.65. The van der Waals surface area contributed by atoms with Crippen molar-refractivity contribution in [3.8, 4) is 5.75 Å². The molecule has 0 atom stereocenters. The highest BCUT2D eigenvalue weighted by molar-refractivity contribution is 9.10. The fourth-order valence-corrected chi connectivity index (χ4v) is 2.03. The maximum atomic E-state index is 11.7. The predicted molar refractivity (Wildman–Crippen MR) is 88.3 cm³/mol. The van der Waals surface area contributed by atoms with E-state index in [1.54, 1.807) is 19.4 Å². The molecule has 108 valence electrons. The lowest BCUT2D eigenvalue weighted by Gasteiger charge is -2.06. The van der Waals surface area contributed by atoms with Crippen LogP contribution in [0, 0.1) is 0 Å². The molecule has 5 heteroatoms. The lowest BCUT2D eigenvalue weighted by atomic mass is 10.2. The average Bonchev–Trinajstić information content (AvgIpc) is 2.50. The summed E-state index contributed by atoms with van der Waals surface area (Å²) < 4.78 is 5.91. The molecule has 2 aromatic rings. The van der Waals surface area contributed by atoms with Crippen LogP contribution in [0.5, 0.6) is 5.75 Å². The van der Waals surface area contributed by atoms with Crippen LogP contribution in [0.4, 0.5) is 10.5 Å². The molecule has 0 fully saturated rings. The van der Waals surface area contributed by atoms with E-state index in [2.05, 4.69) is 26.6 Å². The number of carbonyl (C=O) groups excluding carboxylic acids is 1. The highest BCUT2D eigenvalue weighted by Crippen LogP contribution is 2.20. The Morgan fingerprint density at radius 3 is 2.52 bits per heavy atom. The van der Waals surface area contributed by atoms with E-state index in [0.29, 0.717) is 5.69 Å². The number of halogens is 1. The Morgan fingerprint density at radius 2 is 1.86 bits per heavy atom. The molecule has 0 aliphatic rings. The van der Waals surface area contributed by atoms with Crippen LogP contribution in [-0.4, -0.2) is 13.1 Å². The molecule has 21 heavy (non-hydrogen) atoms. The molecular formula is C16H15BrN2O2. The first-order valence-corrected chi connectivity index (χ1v) is 7.11. The summed E-state index contributed by atoms with van der Waals surface area (Å²) in [6, 6.07) is 14.7. The molecule has 0 heterocycles. The molecule has 0 unspecified atom stereocenters. The van der Waals surface area contributed by atoms with Crippen LogP contribution in [0.3, 0.4) is 0 Å². The van der Waals surface area contributed by atoms with E-state index in [0.717, 1.165) is 15.8 Å². The molecule has 2 rings (SSSR count). The highest BCUT2D eigenvalue weighted by atomic mass is 79.9. The SMILES string of the molecule is COc1ccc(/C=C/NC(=O)Nc2ccccc2Br)cc1. The second kappa shape index (κ2) is 7.50. The van der Waals surface area contributed by atoms with Gasteiger partial charge in [0.2, 0.25) is 0 Å². The third kappa shape index (κ3) is 4.65. The number of anilines is 1. The summed E-state index contributed by atoms with van der Waals surface area (Å²) in [5, 5.41) is 5.40. The zero-order valence-electron chi connectivity index (χ0n) is 11.5. The lowest BCUT2D eigenvalue weighted by molar-refractivity contribution is 0.255. The molecule has 0 radical (unpaired) electrons. The summed E-state index contributed by atoms with van der Waals surface area (Å²) in [6.45, 7) is 0. The van der Waals surface area contributed by atoms with Crippen molar-refractivity contribution in [2.24, 2.45) is 0 Å². The van der Waals surface area contributed by atoms with E-state index >= 15 is 0 Å². The van der Waals surface area contributed by atoms with Crippen LogP contribution >= 0.6 is 15.9 Å². The lowest BCUT2D eigenvalue weighted by Crippen LogP contribution is -2.23. The zero-order chi connectivity index (χ0) is 15.1. The van der Waals surface area contributed by atoms with Gasteiger partial charge in [-0.3, -0.25) is 0 Å². The van der Waals surface area contributed by atoms with Crippen LogP contribution in [0.2, 0.25) is 0 Å². The van der Waals surface area contributed by atoms with E-state index in [9.17, 15) is 4.79 Å². The van der Waals surface area contributed by atoms with Gasteiger partial charge in [0.05, 0.1) is 12.8 Å². The summed E-state index contributed by atoms with van der Waals surface area (Å²) in [4.78, 5) is 11.7. The molecule has 0 saturated heterocycles. The second-order valence-electron chi connectivity index (χ2n) is 4.18. The first-order chi connectivity index (χ1) is 10.2. The van der Waals surface area contributed by atoms with Gasteiger partial charge in [0.1, 0.15) is 5.75 Å². The Morgan fingerprint density at radius 1 is 1.14 bits per heavy atom. The van der Waals surface area contributed by atoms with Crippen LogP contribution < -0.4 is 15.4 Å². The second-order valence-corrected chi connectivity index (χ2v) is 5.04. The number of benzene rings is 2. The van der Waals surface area contributed by atoms with Gasteiger partial charge < -0.3 is 15.4 Å². The Balaban J connectivity index is 1.88. The third-order valence-corrected chi connectivity index (χ3v) is 3.42. The van der Waals surface area contributed by atoms with Crippen molar-refractivity contribution in [2.45, 2.75) is 0 Å². The van der Waals surface area contributed by atoms with Crippen molar-refractivity contribution < 1.29 is 9.53 Å². The van der Waals surface area contributed by atoms with Gasteiger partial charge in [-0.2, -0.15) is 0 Å². The van der Waals surface area contributed by atoms with Crippen LogP contribution in [-0.2, 0) is 0 Å². The molecule has 0 saturated carbocycles. The van der Waals surface area contributed by atoms with Crippen molar-refractivity contribution in [2.75, 3.05) is 12.4 Å². The van der Waals surface area contributed by atoms with E-state index in [4.69, 9.17) is 4.74 Å². The molecular weight excluding hydrogens is 332 g/mol. The standard InChI is InChI=1S/C16H15BrN2O2/c1-21-13-8-6-12(7-9-13)10-11-18-16(20)19-15-5-3-2-4-14(15)17/h2-11H,1H3,(H2,18,19,20)/b11-10+. The Labute approximate surface area is 132 Å². The Hall–Kier alpha value is -2.27. The molecule has 0 aromatic heterocycles. The minimum atomic E-state index is -0.299. The molecule has 0 aliphatic heterocycles. The number of hydrogen-bond acceptors (Lipinski definition) is 2. The number of hydrogen-bond donors (Lipinski definition) is 2. The number of methoxy groups -OCH3 is 1. The van der Waals surface area contributed by atoms with Gasteiger partial charge in [-0.1, -0.05) is 24.3 Å². The maximum Gasteiger partial charge on any atom is 0.323 e.